The van der Waals surface area contributed by atoms with Crippen molar-refractivity contribution in [3.63, 3.8) is 0 Å². The lowest BCUT2D eigenvalue weighted by molar-refractivity contribution is 0.377. The van der Waals surface area contributed by atoms with E-state index in [-0.39, 0.29) is 0 Å². The van der Waals surface area contributed by atoms with Crippen LogP contribution in [0.1, 0.15) is 40.0 Å². The maximum Gasteiger partial charge on any atom is -0.0104 e. The summed E-state index contributed by atoms with van der Waals surface area (Å²) in [6.45, 7) is 6.97. The molecule has 1 aliphatic rings. The summed E-state index contributed by atoms with van der Waals surface area (Å²) in [6.07, 6.45) is 6.26. The topological polar surface area (TPSA) is 0 Å². The molecule has 0 saturated carbocycles. The third-order valence-electron chi connectivity index (χ3n) is 2.77. The third kappa shape index (κ3) is 2.12. The van der Waals surface area contributed by atoms with Crippen molar-refractivity contribution in [2.45, 2.75) is 40.0 Å². The van der Waals surface area contributed by atoms with Gasteiger partial charge in [-0.3, -0.25) is 0 Å². The Balaban J connectivity index is 3.00. The van der Waals surface area contributed by atoms with Gasteiger partial charge in [0, 0.05) is 0 Å². The molecule has 0 radical (unpaired) electrons. The Morgan fingerprint density at radius 1 is 1.42 bits per heavy atom. The predicted octanol–water partition coefficient (Wildman–Crippen LogP) is 4.46. The molecule has 68 valence electrons. The van der Waals surface area contributed by atoms with Crippen molar-refractivity contribution >= 4 is 22.6 Å². The van der Waals surface area contributed by atoms with E-state index in [0.717, 1.165) is 0 Å². The summed E-state index contributed by atoms with van der Waals surface area (Å²) in [5.74, 6) is 0. The van der Waals surface area contributed by atoms with Gasteiger partial charge in [-0.2, -0.15) is 0 Å². The molecule has 0 N–H and O–H groups in total. The largest absolute Gasteiger partial charge is 0.0696 e. The second kappa shape index (κ2) is 3.95. The van der Waals surface area contributed by atoms with Gasteiger partial charge in [0.25, 0.3) is 0 Å². The van der Waals surface area contributed by atoms with Gasteiger partial charge in [-0.15, -0.1) is 0 Å². The van der Waals surface area contributed by atoms with Gasteiger partial charge >= 0.3 is 0 Å². The van der Waals surface area contributed by atoms with Gasteiger partial charge in [0.05, 0.1) is 0 Å². The standard InChI is InChI=1S/C11H17I/c1-9-5-4-7-11(2,3)10(9)6-8-12/h6,8H,4-5,7H2,1-3H3/b8-6+. The highest BCUT2D eigenvalue weighted by atomic mass is 127. The highest BCUT2D eigenvalue weighted by Crippen LogP contribution is 2.40. The van der Waals surface area contributed by atoms with Crippen molar-refractivity contribution in [2.75, 3.05) is 0 Å². The molecule has 1 aliphatic carbocycles. The van der Waals surface area contributed by atoms with Crippen molar-refractivity contribution in [3.05, 3.63) is 21.3 Å². The molecule has 0 unspecified atom stereocenters. The zero-order valence-electron chi connectivity index (χ0n) is 8.15. The van der Waals surface area contributed by atoms with Crippen molar-refractivity contribution in [2.24, 2.45) is 5.41 Å². The predicted molar refractivity (Wildman–Crippen MR) is 63.5 cm³/mol. The average molecular weight is 276 g/mol. The molecule has 12 heavy (non-hydrogen) atoms. The molecular formula is C11H17I. The van der Waals surface area contributed by atoms with E-state index in [2.05, 4.69) is 53.5 Å². The van der Waals surface area contributed by atoms with Crippen LogP contribution in [0, 0.1) is 5.41 Å². The minimum atomic E-state index is 0.407. The summed E-state index contributed by atoms with van der Waals surface area (Å²) in [4.78, 5) is 0. The molecule has 0 bridgehead atoms. The fourth-order valence-corrected chi connectivity index (χ4v) is 2.43. The maximum absolute atomic E-state index is 2.35. The van der Waals surface area contributed by atoms with Gasteiger partial charge in [0.15, 0.2) is 0 Å². The number of hydrogen-bond acceptors (Lipinski definition) is 0. The van der Waals surface area contributed by atoms with E-state index < -0.39 is 0 Å². The Kier molecular flexibility index (Phi) is 3.38. The molecule has 0 nitrogen and oxygen atoms in total. The summed E-state index contributed by atoms with van der Waals surface area (Å²) in [5.41, 5.74) is 3.55. The van der Waals surface area contributed by atoms with Gasteiger partial charge in [-0.05, 0) is 41.3 Å². The van der Waals surface area contributed by atoms with Crippen molar-refractivity contribution in [3.8, 4) is 0 Å². The SMILES string of the molecule is CC1=C(/C=C/I)C(C)(C)CCC1. The molecule has 0 heterocycles. The lowest BCUT2D eigenvalue weighted by Crippen LogP contribution is -2.18. The van der Waals surface area contributed by atoms with Crippen LogP contribution in [-0.2, 0) is 0 Å². The van der Waals surface area contributed by atoms with E-state index in [1.807, 2.05) is 0 Å². The summed E-state index contributed by atoms with van der Waals surface area (Å²) >= 11 is 2.30. The van der Waals surface area contributed by atoms with Gasteiger partial charge in [-0.25, -0.2) is 0 Å². The lowest BCUT2D eigenvalue weighted by Gasteiger charge is -2.32. The Hall–Kier alpha value is 0.210. The van der Waals surface area contributed by atoms with Crippen LogP contribution in [0.4, 0.5) is 0 Å². The Morgan fingerprint density at radius 3 is 2.58 bits per heavy atom. The molecule has 0 aromatic rings. The summed E-state index contributed by atoms with van der Waals surface area (Å²) in [5, 5.41) is 0. The molecular weight excluding hydrogens is 259 g/mol. The van der Waals surface area contributed by atoms with E-state index in [4.69, 9.17) is 0 Å². The molecule has 0 aromatic heterocycles. The monoisotopic (exact) mass is 276 g/mol. The first-order chi connectivity index (χ1) is 5.58. The van der Waals surface area contributed by atoms with E-state index in [1.54, 1.807) is 11.1 Å². The summed E-state index contributed by atoms with van der Waals surface area (Å²) < 4.78 is 2.13. The van der Waals surface area contributed by atoms with Crippen LogP contribution in [0.25, 0.3) is 0 Å². The molecule has 1 heteroatoms. The third-order valence-corrected chi connectivity index (χ3v) is 3.13. The molecule has 0 aliphatic heterocycles. The number of halogens is 1. The first-order valence-electron chi connectivity index (χ1n) is 4.55. The lowest BCUT2D eigenvalue weighted by atomic mass is 9.73. The minimum Gasteiger partial charge on any atom is -0.0696 e. The highest BCUT2D eigenvalue weighted by Gasteiger charge is 2.26. The number of allylic oxidation sites excluding steroid dienone is 3. The minimum absolute atomic E-state index is 0.407. The highest BCUT2D eigenvalue weighted by molar-refractivity contribution is 14.1. The molecule has 0 aromatic carbocycles. The second-order valence-corrected chi connectivity index (χ2v) is 4.94. The van der Waals surface area contributed by atoms with Crippen LogP contribution in [0.3, 0.4) is 0 Å². The van der Waals surface area contributed by atoms with Crippen molar-refractivity contribution < 1.29 is 0 Å². The normalized spacial score (nSPS) is 23.7. The molecule has 0 spiro atoms. The molecule has 0 atom stereocenters. The Morgan fingerprint density at radius 2 is 2.08 bits per heavy atom. The first-order valence-corrected chi connectivity index (χ1v) is 5.79. The second-order valence-electron chi connectivity index (χ2n) is 4.22. The summed E-state index contributed by atoms with van der Waals surface area (Å²) in [6, 6.07) is 0. The van der Waals surface area contributed by atoms with Crippen LogP contribution in [0.5, 0.6) is 0 Å². The molecule has 0 fully saturated rings. The van der Waals surface area contributed by atoms with Crippen LogP contribution in [-0.4, -0.2) is 0 Å². The molecule has 0 saturated heterocycles. The van der Waals surface area contributed by atoms with Crippen LogP contribution >= 0.6 is 22.6 Å². The fourth-order valence-electron chi connectivity index (χ4n) is 2.07. The van der Waals surface area contributed by atoms with Crippen LogP contribution in [0.15, 0.2) is 21.3 Å². The van der Waals surface area contributed by atoms with Gasteiger partial charge in [0.2, 0.25) is 0 Å². The first kappa shape index (κ1) is 10.3. The summed E-state index contributed by atoms with van der Waals surface area (Å²) in [7, 11) is 0. The number of hydrogen-bond donors (Lipinski definition) is 0. The van der Waals surface area contributed by atoms with Crippen LogP contribution in [0.2, 0.25) is 0 Å². The van der Waals surface area contributed by atoms with E-state index in [9.17, 15) is 0 Å². The quantitative estimate of drug-likeness (QED) is 0.620. The zero-order valence-corrected chi connectivity index (χ0v) is 10.3. The Bertz CT molecular complexity index is 221. The number of rotatable bonds is 1. The van der Waals surface area contributed by atoms with Crippen molar-refractivity contribution in [1.82, 2.24) is 0 Å². The van der Waals surface area contributed by atoms with Gasteiger partial charge in [-0.1, -0.05) is 48.1 Å². The maximum atomic E-state index is 2.35. The van der Waals surface area contributed by atoms with E-state index in [1.165, 1.54) is 19.3 Å². The Labute approximate surface area is 89.3 Å². The average Bonchev–Trinajstić information content (AvgIpc) is 1.97. The fraction of sp³-hybridized carbons (Fsp3) is 0.636. The van der Waals surface area contributed by atoms with E-state index in [0.29, 0.717) is 5.41 Å². The smallest absolute Gasteiger partial charge is 0.0104 e. The van der Waals surface area contributed by atoms with Crippen LogP contribution < -0.4 is 0 Å². The molecule has 1 rings (SSSR count). The van der Waals surface area contributed by atoms with E-state index >= 15 is 0 Å². The zero-order chi connectivity index (χ0) is 9.19. The van der Waals surface area contributed by atoms with Crippen molar-refractivity contribution in [1.29, 1.82) is 0 Å². The molecule has 0 amide bonds. The van der Waals surface area contributed by atoms with Gasteiger partial charge < -0.3 is 0 Å². The van der Waals surface area contributed by atoms with Gasteiger partial charge in [0.1, 0.15) is 0 Å².